The zero-order chi connectivity index (χ0) is 13.0. The number of rotatable bonds is 5. The average Bonchev–Trinajstić information content (AvgIpc) is 2.81. The minimum Gasteiger partial charge on any atom is -0.488 e. The molecule has 0 saturated carbocycles. The van der Waals surface area contributed by atoms with Gasteiger partial charge in [0.25, 0.3) is 0 Å². The van der Waals surface area contributed by atoms with Crippen molar-refractivity contribution in [2.24, 2.45) is 5.73 Å². The first-order valence-corrected chi connectivity index (χ1v) is 7.58. The summed E-state index contributed by atoms with van der Waals surface area (Å²) in [6, 6.07) is 10.1. The summed E-state index contributed by atoms with van der Waals surface area (Å²) in [5, 5.41) is 2.06. The monoisotopic (exact) mass is 325 g/mol. The van der Waals surface area contributed by atoms with Crippen molar-refractivity contribution in [2.75, 3.05) is 0 Å². The van der Waals surface area contributed by atoms with E-state index in [1.165, 1.54) is 4.88 Å². The van der Waals surface area contributed by atoms with Gasteiger partial charge in [-0.1, -0.05) is 25.1 Å². The topological polar surface area (TPSA) is 35.2 Å². The van der Waals surface area contributed by atoms with Crippen molar-refractivity contribution >= 4 is 27.3 Å². The van der Waals surface area contributed by atoms with Gasteiger partial charge >= 0.3 is 0 Å². The highest BCUT2D eigenvalue weighted by Gasteiger charge is 2.10. The second kappa shape index (κ2) is 6.36. The van der Waals surface area contributed by atoms with Crippen LogP contribution < -0.4 is 10.5 Å². The summed E-state index contributed by atoms with van der Waals surface area (Å²) in [6.07, 6.45) is 0.908. The molecule has 0 radical (unpaired) electrons. The van der Waals surface area contributed by atoms with Gasteiger partial charge in [-0.3, -0.25) is 0 Å². The molecule has 1 heterocycles. The lowest BCUT2D eigenvalue weighted by molar-refractivity contribution is 0.304. The number of halogens is 1. The summed E-state index contributed by atoms with van der Waals surface area (Å²) >= 11 is 5.13. The molecule has 1 aromatic heterocycles. The van der Waals surface area contributed by atoms with Crippen molar-refractivity contribution in [3.8, 4) is 5.75 Å². The third-order valence-electron chi connectivity index (χ3n) is 2.75. The van der Waals surface area contributed by atoms with E-state index in [-0.39, 0.29) is 6.04 Å². The molecular formula is C14H16BrNOS. The van der Waals surface area contributed by atoms with E-state index in [2.05, 4.69) is 34.3 Å². The Labute approximate surface area is 120 Å². The fourth-order valence-electron chi connectivity index (χ4n) is 1.72. The van der Waals surface area contributed by atoms with Crippen molar-refractivity contribution in [1.82, 2.24) is 0 Å². The van der Waals surface area contributed by atoms with Crippen molar-refractivity contribution in [1.29, 1.82) is 0 Å². The molecule has 1 atom stereocenters. The van der Waals surface area contributed by atoms with Crippen LogP contribution in [-0.4, -0.2) is 0 Å². The normalized spacial score (nSPS) is 12.4. The quantitative estimate of drug-likeness (QED) is 0.878. The van der Waals surface area contributed by atoms with Gasteiger partial charge in [-0.15, -0.1) is 11.3 Å². The number of hydrogen-bond donors (Lipinski definition) is 1. The van der Waals surface area contributed by atoms with Crippen LogP contribution in [0.5, 0.6) is 5.75 Å². The standard InChI is InChI=1S/C14H16BrNOS/c1-2-13(16)12-5-3-4-6-14(12)17-8-11-7-10(15)9-18-11/h3-7,9,13H,2,8,16H2,1H3/t13-/m0/s1. The summed E-state index contributed by atoms with van der Waals surface area (Å²) in [4.78, 5) is 1.20. The molecule has 0 fully saturated rings. The molecule has 0 saturated heterocycles. The van der Waals surface area contributed by atoms with E-state index in [1.807, 2.05) is 24.3 Å². The number of ether oxygens (including phenoxy) is 1. The SMILES string of the molecule is CC[C@H](N)c1ccccc1OCc1cc(Br)cs1. The molecule has 2 rings (SSSR count). The molecule has 0 aliphatic carbocycles. The van der Waals surface area contributed by atoms with Crippen molar-refractivity contribution in [2.45, 2.75) is 26.0 Å². The lowest BCUT2D eigenvalue weighted by Crippen LogP contribution is -2.10. The van der Waals surface area contributed by atoms with Gasteiger partial charge in [-0.25, -0.2) is 0 Å². The maximum atomic E-state index is 6.08. The predicted octanol–water partition coefficient (Wildman–Crippen LogP) is 4.50. The zero-order valence-corrected chi connectivity index (χ0v) is 12.6. The van der Waals surface area contributed by atoms with Gasteiger partial charge in [0.2, 0.25) is 0 Å². The summed E-state index contributed by atoms with van der Waals surface area (Å²) in [5.41, 5.74) is 7.16. The lowest BCUT2D eigenvalue weighted by atomic mass is 10.0. The number of para-hydroxylation sites is 1. The summed E-state index contributed by atoms with van der Waals surface area (Å²) in [6.45, 7) is 2.67. The number of nitrogens with two attached hydrogens (primary N) is 1. The molecular weight excluding hydrogens is 310 g/mol. The summed E-state index contributed by atoms with van der Waals surface area (Å²) < 4.78 is 6.97. The molecule has 18 heavy (non-hydrogen) atoms. The van der Waals surface area contributed by atoms with E-state index in [0.29, 0.717) is 6.61 Å². The Morgan fingerprint density at radius 3 is 2.83 bits per heavy atom. The molecule has 0 amide bonds. The van der Waals surface area contributed by atoms with Crippen LogP contribution in [0.2, 0.25) is 0 Å². The minimum absolute atomic E-state index is 0.0382. The highest BCUT2D eigenvalue weighted by molar-refractivity contribution is 9.10. The van der Waals surface area contributed by atoms with Crippen LogP contribution in [0, 0.1) is 0 Å². The van der Waals surface area contributed by atoms with Gasteiger partial charge < -0.3 is 10.5 Å². The van der Waals surface area contributed by atoms with Crippen molar-refractivity contribution in [3.05, 3.63) is 50.6 Å². The Morgan fingerprint density at radius 1 is 1.39 bits per heavy atom. The van der Waals surface area contributed by atoms with Crippen LogP contribution >= 0.6 is 27.3 Å². The minimum atomic E-state index is 0.0382. The first-order chi connectivity index (χ1) is 8.70. The van der Waals surface area contributed by atoms with Gasteiger partial charge in [0.1, 0.15) is 12.4 Å². The molecule has 0 aliphatic heterocycles. The van der Waals surface area contributed by atoms with Crippen molar-refractivity contribution < 1.29 is 4.74 Å². The number of thiophene rings is 1. The number of benzene rings is 1. The molecule has 2 nitrogen and oxygen atoms in total. The van der Waals surface area contributed by atoms with Gasteiger partial charge in [-0.05, 0) is 34.5 Å². The Hall–Kier alpha value is -0.840. The molecule has 1 aromatic carbocycles. The van der Waals surface area contributed by atoms with E-state index in [4.69, 9.17) is 10.5 Å². The van der Waals surface area contributed by atoms with E-state index in [0.717, 1.165) is 22.2 Å². The molecule has 0 unspecified atom stereocenters. The molecule has 0 aliphatic rings. The molecule has 2 N–H and O–H groups in total. The fraction of sp³-hybridized carbons (Fsp3) is 0.286. The van der Waals surface area contributed by atoms with Crippen LogP contribution in [0.1, 0.15) is 29.8 Å². The fourth-order valence-corrected chi connectivity index (χ4v) is 3.08. The molecule has 2 aromatic rings. The average molecular weight is 326 g/mol. The molecule has 4 heteroatoms. The smallest absolute Gasteiger partial charge is 0.124 e. The maximum absolute atomic E-state index is 6.08. The third-order valence-corrected chi connectivity index (χ3v) is 4.42. The van der Waals surface area contributed by atoms with Crippen LogP contribution in [0.15, 0.2) is 40.2 Å². The Kier molecular flexibility index (Phi) is 4.80. The van der Waals surface area contributed by atoms with Crippen LogP contribution in [0.3, 0.4) is 0 Å². The highest BCUT2D eigenvalue weighted by atomic mass is 79.9. The van der Waals surface area contributed by atoms with Gasteiger partial charge in [0, 0.05) is 26.3 Å². The van der Waals surface area contributed by atoms with Gasteiger partial charge in [0.05, 0.1) is 0 Å². The Balaban J connectivity index is 2.09. The van der Waals surface area contributed by atoms with E-state index >= 15 is 0 Å². The molecule has 96 valence electrons. The highest BCUT2D eigenvalue weighted by Crippen LogP contribution is 2.27. The molecule has 0 bridgehead atoms. The number of hydrogen-bond acceptors (Lipinski definition) is 3. The van der Waals surface area contributed by atoms with E-state index < -0.39 is 0 Å². The third kappa shape index (κ3) is 3.34. The van der Waals surface area contributed by atoms with Crippen LogP contribution in [0.25, 0.3) is 0 Å². The maximum Gasteiger partial charge on any atom is 0.124 e. The second-order valence-corrected chi connectivity index (χ2v) is 5.98. The Morgan fingerprint density at radius 2 is 2.17 bits per heavy atom. The zero-order valence-electron chi connectivity index (χ0n) is 10.2. The van der Waals surface area contributed by atoms with E-state index in [9.17, 15) is 0 Å². The first-order valence-electron chi connectivity index (χ1n) is 5.91. The van der Waals surface area contributed by atoms with Crippen LogP contribution in [0.4, 0.5) is 0 Å². The van der Waals surface area contributed by atoms with Gasteiger partial charge in [-0.2, -0.15) is 0 Å². The van der Waals surface area contributed by atoms with E-state index in [1.54, 1.807) is 11.3 Å². The predicted molar refractivity (Wildman–Crippen MR) is 80.0 cm³/mol. The first kappa shape index (κ1) is 13.6. The van der Waals surface area contributed by atoms with Gasteiger partial charge in [0.15, 0.2) is 0 Å². The summed E-state index contributed by atoms with van der Waals surface area (Å²) in [7, 11) is 0. The summed E-state index contributed by atoms with van der Waals surface area (Å²) in [5.74, 6) is 0.886. The second-order valence-electron chi connectivity index (χ2n) is 4.07. The molecule has 0 spiro atoms. The lowest BCUT2D eigenvalue weighted by Gasteiger charge is -2.15. The van der Waals surface area contributed by atoms with Crippen LogP contribution in [-0.2, 0) is 6.61 Å². The largest absolute Gasteiger partial charge is 0.488 e. The Bertz CT molecular complexity index is 512. The van der Waals surface area contributed by atoms with Crippen molar-refractivity contribution in [3.63, 3.8) is 0 Å².